The van der Waals surface area contributed by atoms with E-state index < -0.39 is 0 Å². The quantitative estimate of drug-likeness (QED) is 0.586. The van der Waals surface area contributed by atoms with E-state index >= 15 is 0 Å². The van der Waals surface area contributed by atoms with Crippen molar-refractivity contribution in [2.24, 2.45) is 11.8 Å². The third kappa shape index (κ3) is 7.52. The van der Waals surface area contributed by atoms with E-state index in [0.29, 0.717) is 50.1 Å². The molecule has 6 nitrogen and oxygen atoms in total. The van der Waals surface area contributed by atoms with Gasteiger partial charge in [0, 0.05) is 19.6 Å². The van der Waals surface area contributed by atoms with Gasteiger partial charge >= 0.3 is 0 Å². The third-order valence-corrected chi connectivity index (χ3v) is 5.99. The Morgan fingerprint density at radius 1 is 1.09 bits per heavy atom. The van der Waals surface area contributed by atoms with Gasteiger partial charge in [-0.3, -0.25) is 9.59 Å². The van der Waals surface area contributed by atoms with Crippen molar-refractivity contribution in [3.8, 4) is 11.5 Å². The van der Waals surface area contributed by atoms with Gasteiger partial charge in [0.05, 0.1) is 26.1 Å². The molecule has 1 fully saturated rings. The Labute approximate surface area is 197 Å². The van der Waals surface area contributed by atoms with Crippen molar-refractivity contribution in [1.82, 2.24) is 10.2 Å². The van der Waals surface area contributed by atoms with Crippen LogP contribution in [-0.4, -0.2) is 43.5 Å². The van der Waals surface area contributed by atoms with Crippen LogP contribution < -0.4 is 14.8 Å². The SMILES string of the molecule is COc1cc(CNC(=O)C2CCCN(C(=O)Cc3ccccc3)C2)ccc1OCCC(C)C. The second-order valence-electron chi connectivity index (χ2n) is 9.08. The first kappa shape index (κ1) is 24.6. The Morgan fingerprint density at radius 2 is 1.88 bits per heavy atom. The zero-order valence-corrected chi connectivity index (χ0v) is 20.0. The van der Waals surface area contributed by atoms with Gasteiger partial charge in [-0.05, 0) is 48.4 Å². The van der Waals surface area contributed by atoms with Crippen molar-refractivity contribution in [3.05, 3.63) is 59.7 Å². The number of carbonyl (C=O) groups is 2. The van der Waals surface area contributed by atoms with Crippen LogP contribution in [-0.2, 0) is 22.6 Å². The molecule has 2 aromatic rings. The van der Waals surface area contributed by atoms with Crippen molar-refractivity contribution in [2.45, 2.75) is 46.1 Å². The lowest BCUT2D eigenvalue weighted by Crippen LogP contribution is -2.45. The number of hydrogen-bond acceptors (Lipinski definition) is 4. The molecule has 0 bridgehead atoms. The molecule has 1 unspecified atom stereocenters. The van der Waals surface area contributed by atoms with Gasteiger partial charge in [0.15, 0.2) is 11.5 Å². The van der Waals surface area contributed by atoms with Gasteiger partial charge in [-0.15, -0.1) is 0 Å². The molecule has 1 aliphatic heterocycles. The fraction of sp³-hybridized carbons (Fsp3) is 0.481. The van der Waals surface area contributed by atoms with E-state index in [0.717, 1.165) is 30.4 Å². The smallest absolute Gasteiger partial charge is 0.227 e. The molecule has 178 valence electrons. The topological polar surface area (TPSA) is 67.9 Å². The predicted molar refractivity (Wildman–Crippen MR) is 129 cm³/mol. The highest BCUT2D eigenvalue weighted by atomic mass is 16.5. The maximum absolute atomic E-state index is 12.8. The molecule has 0 saturated carbocycles. The van der Waals surface area contributed by atoms with Crippen molar-refractivity contribution in [3.63, 3.8) is 0 Å². The van der Waals surface area contributed by atoms with E-state index in [2.05, 4.69) is 19.2 Å². The third-order valence-electron chi connectivity index (χ3n) is 5.99. The molecule has 1 heterocycles. The van der Waals surface area contributed by atoms with Crippen molar-refractivity contribution < 1.29 is 19.1 Å². The van der Waals surface area contributed by atoms with Gasteiger partial charge in [0.2, 0.25) is 11.8 Å². The molecule has 6 heteroatoms. The minimum Gasteiger partial charge on any atom is -0.493 e. The molecule has 0 spiro atoms. The summed E-state index contributed by atoms with van der Waals surface area (Å²) in [5.74, 6) is 1.85. The van der Waals surface area contributed by atoms with E-state index in [4.69, 9.17) is 9.47 Å². The second-order valence-corrected chi connectivity index (χ2v) is 9.08. The Morgan fingerprint density at radius 3 is 2.61 bits per heavy atom. The minimum absolute atomic E-state index is 0.0107. The van der Waals surface area contributed by atoms with Crippen molar-refractivity contribution in [1.29, 1.82) is 0 Å². The molecule has 1 aliphatic rings. The molecule has 3 rings (SSSR count). The summed E-state index contributed by atoms with van der Waals surface area (Å²) in [6, 6.07) is 15.5. The number of piperidine rings is 1. The Bertz CT molecular complexity index is 914. The molecule has 1 atom stereocenters. The number of carbonyl (C=O) groups excluding carboxylic acids is 2. The average Bonchev–Trinajstić information content (AvgIpc) is 2.83. The number of rotatable bonds is 10. The van der Waals surface area contributed by atoms with Gasteiger partial charge in [-0.2, -0.15) is 0 Å². The molecule has 0 radical (unpaired) electrons. The van der Waals surface area contributed by atoms with Gasteiger partial charge < -0.3 is 19.7 Å². The van der Waals surface area contributed by atoms with Crippen LogP contribution in [0.1, 0.15) is 44.2 Å². The summed E-state index contributed by atoms with van der Waals surface area (Å²) in [6.07, 6.45) is 3.00. The summed E-state index contributed by atoms with van der Waals surface area (Å²) >= 11 is 0. The normalized spacial score (nSPS) is 15.9. The number of methoxy groups -OCH3 is 1. The second kappa shape index (κ2) is 12.3. The molecule has 1 saturated heterocycles. The lowest BCUT2D eigenvalue weighted by molar-refractivity contribution is -0.135. The summed E-state index contributed by atoms with van der Waals surface area (Å²) in [5, 5.41) is 3.03. The lowest BCUT2D eigenvalue weighted by atomic mass is 9.96. The Balaban J connectivity index is 1.50. The molecule has 2 amide bonds. The number of nitrogens with zero attached hydrogens (tertiary/aromatic N) is 1. The molecule has 33 heavy (non-hydrogen) atoms. The number of ether oxygens (including phenoxy) is 2. The Kier molecular flexibility index (Phi) is 9.16. The lowest BCUT2D eigenvalue weighted by Gasteiger charge is -2.32. The largest absolute Gasteiger partial charge is 0.493 e. The number of nitrogens with one attached hydrogen (secondary N) is 1. The fourth-order valence-electron chi connectivity index (χ4n) is 3.98. The van der Waals surface area contributed by atoms with Gasteiger partial charge in [-0.25, -0.2) is 0 Å². The van der Waals surface area contributed by atoms with Crippen LogP contribution in [0.25, 0.3) is 0 Å². The van der Waals surface area contributed by atoms with E-state index in [9.17, 15) is 9.59 Å². The zero-order valence-electron chi connectivity index (χ0n) is 20.0. The van der Waals surface area contributed by atoms with Crippen LogP contribution in [0.2, 0.25) is 0 Å². The number of likely N-dealkylation sites (tertiary alicyclic amines) is 1. The predicted octanol–water partition coefficient (Wildman–Crippen LogP) is 4.22. The van der Waals surface area contributed by atoms with E-state index in [1.165, 1.54) is 0 Å². The molecule has 1 N–H and O–H groups in total. The molecule has 0 aromatic heterocycles. The summed E-state index contributed by atoms with van der Waals surface area (Å²) in [6.45, 7) is 6.57. The van der Waals surface area contributed by atoms with Crippen LogP contribution in [0.4, 0.5) is 0 Å². The van der Waals surface area contributed by atoms with Crippen LogP contribution in [0.15, 0.2) is 48.5 Å². The first-order valence-corrected chi connectivity index (χ1v) is 11.9. The van der Waals surface area contributed by atoms with Gasteiger partial charge in [0.25, 0.3) is 0 Å². The summed E-state index contributed by atoms with van der Waals surface area (Å²) in [5.41, 5.74) is 1.95. The van der Waals surface area contributed by atoms with Crippen LogP contribution in [0, 0.1) is 11.8 Å². The van der Waals surface area contributed by atoms with E-state index in [1.54, 1.807) is 7.11 Å². The standard InChI is InChI=1S/C27H36N2O4/c1-20(2)13-15-33-24-12-11-22(16-25(24)32-3)18-28-27(31)23-10-7-14-29(19-23)26(30)17-21-8-5-4-6-9-21/h4-6,8-9,11-12,16,20,23H,7,10,13-15,17-19H2,1-3H3,(H,28,31). The summed E-state index contributed by atoms with van der Waals surface area (Å²) < 4.78 is 11.3. The van der Waals surface area contributed by atoms with Crippen molar-refractivity contribution in [2.75, 3.05) is 26.8 Å². The number of benzene rings is 2. The number of hydrogen-bond donors (Lipinski definition) is 1. The molecule has 0 aliphatic carbocycles. The van der Waals surface area contributed by atoms with Crippen LogP contribution in [0.3, 0.4) is 0 Å². The molecular formula is C27H36N2O4. The fourth-order valence-corrected chi connectivity index (χ4v) is 3.98. The van der Waals surface area contributed by atoms with Gasteiger partial charge in [-0.1, -0.05) is 50.2 Å². The Hall–Kier alpha value is -3.02. The maximum atomic E-state index is 12.8. The first-order valence-electron chi connectivity index (χ1n) is 11.9. The highest BCUT2D eigenvalue weighted by Crippen LogP contribution is 2.28. The van der Waals surface area contributed by atoms with Gasteiger partial charge in [0.1, 0.15) is 0 Å². The molecule has 2 aromatic carbocycles. The summed E-state index contributed by atoms with van der Waals surface area (Å²) in [4.78, 5) is 27.3. The van der Waals surface area contributed by atoms with Crippen LogP contribution >= 0.6 is 0 Å². The maximum Gasteiger partial charge on any atom is 0.227 e. The highest BCUT2D eigenvalue weighted by molar-refractivity contribution is 5.82. The highest BCUT2D eigenvalue weighted by Gasteiger charge is 2.28. The van der Waals surface area contributed by atoms with E-state index in [1.807, 2.05) is 53.4 Å². The van der Waals surface area contributed by atoms with Crippen molar-refractivity contribution >= 4 is 11.8 Å². The minimum atomic E-state index is -0.181. The molecular weight excluding hydrogens is 416 g/mol. The van der Waals surface area contributed by atoms with Crippen LogP contribution in [0.5, 0.6) is 11.5 Å². The first-order chi connectivity index (χ1) is 16.0. The number of amides is 2. The zero-order chi connectivity index (χ0) is 23.6. The summed E-state index contributed by atoms with van der Waals surface area (Å²) in [7, 11) is 1.62. The van der Waals surface area contributed by atoms with E-state index in [-0.39, 0.29) is 17.7 Å². The average molecular weight is 453 g/mol. The monoisotopic (exact) mass is 452 g/mol.